The van der Waals surface area contributed by atoms with Gasteiger partial charge in [-0.25, -0.2) is 0 Å². The molecule has 1 heterocycles. The van der Waals surface area contributed by atoms with Crippen molar-refractivity contribution in [2.45, 2.75) is 45.1 Å². The van der Waals surface area contributed by atoms with Crippen molar-refractivity contribution in [3.05, 3.63) is 71.3 Å². The molecule has 3 unspecified atom stereocenters. The van der Waals surface area contributed by atoms with Gasteiger partial charge in [-0.05, 0) is 60.1 Å². The summed E-state index contributed by atoms with van der Waals surface area (Å²) in [5.41, 5.74) is 5.42. The van der Waals surface area contributed by atoms with E-state index in [0.29, 0.717) is 30.4 Å². The lowest BCUT2D eigenvalue weighted by Gasteiger charge is -2.37. The maximum atomic E-state index is 5.72. The monoisotopic (exact) mass is 333 g/mol. The van der Waals surface area contributed by atoms with Crippen LogP contribution in [0.25, 0.3) is 0 Å². The maximum absolute atomic E-state index is 5.72. The van der Waals surface area contributed by atoms with Crippen molar-refractivity contribution in [3.8, 4) is 5.75 Å². The molecule has 0 fully saturated rings. The van der Waals surface area contributed by atoms with Crippen molar-refractivity contribution in [1.29, 1.82) is 0 Å². The normalized spacial score (nSPS) is 23.9. The van der Waals surface area contributed by atoms with Crippen LogP contribution in [0.5, 0.6) is 5.75 Å². The van der Waals surface area contributed by atoms with Crippen LogP contribution in [0.4, 0.5) is 5.69 Å². The molecule has 1 N–H and O–H groups in total. The summed E-state index contributed by atoms with van der Waals surface area (Å²) in [6.07, 6.45) is 5.86. The smallest absolute Gasteiger partial charge is 0.119 e. The van der Waals surface area contributed by atoms with Gasteiger partial charge in [0.2, 0.25) is 0 Å². The standard InChI is InChI=1S/C23H27NO/c1-4-25-18-12-13-22-21(14-18)19-6-5-7-20(19)23(24-22)17-10-8-16(9-11-17)15(2)3/h5-6,8-15,19-20,23-24H,4,7H2,1-3H3. The molecule has 0 spiro atoms. The Morgan fingerprint density at radius 1 is 1.12 bits per heavy atom. The Labute approximate surface area is 150 Å². The van der Waals surface area contributed by atoms with Crippen LogP contribution in [0, 0.1) is 5.92 Å². The van der Waals surface area contributed by atoms with Crippen LogP contribution < -0.4 is 10.1 Å². The minimum absolute atomic E-state index is 0.367. The first kappa shape index (κ1) is 16.3. The van der Waals surface area contributed by atoms with Crippen LogP contribution in [-0.4, -0.2) is 6.61 Å². The van der Waals surface area contributed by atoms with Gasteiger partial charge in [-0.1, -0.05) is 50.3 Å². The Bertz CT molecular complexity index is 775. The summed E-state index contributed by atoms with van der Waals surface area (Å²) in [5, 5.41) is 3.81. The zero-order valence-corrected chi connectivity index (χ0v) is 15.3. The number of hydrogen-bond donors (Lipinski definition) is 1. The molecule has 0 radical (unpaired) electrons. The van der Waals surface area contributed by atoms with Gasteiger partial charge in [-0.2, -0.15) is 0 Å². The number of ether oxygens (including phenoxy) is 1. The van der Waals surface area contributed by atoms with Gasteiger partial charge >= 0.3 is 0 Å². The van der Waals surface area contributed by atoms with Crippen LogP contribution in [0.2, 0.25) is 0 Å². The van der Waals surface area contributed by atoms with E-state index in [1.807, 2.05) is 6.92 Å². The fourth-order valence-electron chi connectivity index (χ4n) is 4.25. The average molecular weight is 333 g/mol. The molecule has 1 aliphatic carbocycles. The van der Waals surface area contributed by atoms with E-state index >= 15 is 0 Å². The molecule has 25 heavy (non-hydrogen) atoms. The van der Waals surface area contributed by atoms with Crippen molar-refractivity contribution >= 4 is 5.69 Å². The molecule has 0 saturated heterocycles. The molecule has 0 aromatic heterocycles. The number of allylic oxidation sites excluding steroid dienone is 2. The molecule has 4 rings (SSSR count). The van der Waals surface area contributed by atoms with E-state index in [0.717, 1.165) is 12.2 Å². The van der Waals surface area contributed by atoms with Gasteiger partial charge in [0.15, 0.2) is 0 Å². The van der Waals surface area contributed by atoms with Crippen molar-refractivity contribution < 1.29 is 4.74 Å². The highest BCUT2D eigenvalue weighted by Gasteiger charge is 2.38. The van der Waals surface area contributed by atoms with Gasteiger partial charge in [0.1, 0.15) is 5.75 Å². The molecular formula is C23H27NO. The molecule has 3 atom stereocenters. The Hall–Kier alpha value is -2.22. The number of nitrogens with one attached hydrogen (secondary N) is 1. The predicted molar refractivity (Wildman–Crippen MR) is 104 cm³/mol. The summed E-state index contributed by atoms with van der Waals surface area (Å²) in [4.78, 5) is 0. The van der Waals surface area contributed by atoms with Crippen molar-refractivity contribution in [1.82, 2.24) is 0 Å². The van der Waals surface area contributed by atoms with Crippen LogP contribution in [-0.2, 0) is 0 Å². The van der Waals surface area contributed by atoms with Gasteiger partial charge in [0.05, 0.1) is 12.6 Å². The minimum atomic E-state index is 0.367. The van der Waals surface area contributed by atoms with Crippen LogP contribution in [0.1, 0.15) is 61.8 Å². The molecule has 0 bridgehead atoms. The fourth-order valence-corrected chi connectivity index (χ4v) is 4.25. The van der Waals surface area contributed by atoms with Gasteiger partial charge in [0.25, 0.3) is 0 Å². The molecule has 2 aromatic rings. The Kier molecular flexibility index (Phi) is 4.29. The maximum Gasteiger partial charge on any atom is 0.119 e. The van der Waals surface area contributed by atoms with Crippen LogP contribution in [0.3, 0.4) is 0 Å². The SMILES string of the molecule is CCOc1ccc2c(c1)C1C=CCC1C(c1ccc(C(C)C)cc1)N2. The second kappa shape index (κ2) is 6.59. The lowest BCUT2D eigenvalue weighted by molar-refractivity contribution is 0.338. The zero-order chi connectivity index (χ0) is 17.4. The van der Waals surface area contributed by atoms with Crippen LogP contribution >= 0.6 is 0 Å². The first-order valence-corrected chi connectivity index (χ1v) is 9.47. The summed E-state index contributed by atoms with van der Waals surface area (Å²) in [7, 11) is 0. The molecule has 0 amide bonds. The lowest BCUT2D eigenvalue weighted by Crippen LogP contribution is -2.29. The molecule has 130 valence electrons. The number of hydrogen-bond acceptors (Lipinski definition) is 2. The van der Waals surface area contributed by atoms with Gasteiger partial charge in [-0.3, -0.25) is 0 Å². The highest BCUT2D eigenvalue weighted by molar-refractivity contribution is 5.61. The second-order valence-electron chi connectivity index (χ2n) is 7.48. The van der Waals surface area contributed by atoms with Gasteiger partial charge < -0.3 is 10.1 Å². The lowest BCUT2D eigenvalue weighted by atomic mass is 9.77. The third-order valence-corrected chi connectivity index (χ3v) is 5.61. The molecule has 2 aliphatic rings. The van der Waals surface area contributed by atoms with E-state index in [9.17, 15) is 0 Å². The van der Waals surface area contributed by atoms with Crippen molar-refractivity contribution in [2.75, 3.05) is 11.9 Å². The molecular weight excluding hydrogens is 306 g/mol. The van der Waals surface area contributed by atoms with Gasteiger partial charge in [-0.15, -0.1) is 0 Å². The molecule has 2 heteroatoms. The van der Waals surface area contributed by atoms with Gasteiger partial charge in [0, 0.05) is 11.6 Å². The van der Waals surface area contributed by atoms with Crippen LogP contribution in [0.15, 0.2) is 54.6 Å². The minimum Gasteiger partial charge on any atom is -0.494 e. The topological polar surface area (TPSA) is 21.3 Å². The highest BCUT2D eigenvalue weighted by Crippen LogP contribution is 2.50. The van der Waals surface area contributed by atoms with E-state index in [1.54, 1.807) is 0 Å². The summed E-state index contributed by atoms with van der Waals surface area (Å²) in [5.74, 6) is 2.61. The first-order valence-electron chi connectivity index (χ1n) is 9.47. The summed E-state index contributed by atoms with van der Waals surface area (Å²) >= 11 is 0. The third-order valence-electron chi connectivity index (χ3n) is 5.61. The largest absolute Gasteiger partial charge is 0.494 e. The summed E-state index contributed by atoms with van der Waals surface area (Å²) < 4.78 is 5.72. The Morgan fingerprint density at radius 2 is 1.92 bits per heavy atom. The second-order valence-corrected chi connectivity index (χ2v) is 7.48. The molecule has 1 aliphatic heterocycles. The first-order chi connectivity index (χ1) is 12.2. The number of anilines is 1. The molecule has 2 nitrogen and oxygen atoms in total. The van der Waals surface area contributed by atoms with E-state index in [2.05, 4.69) is 73.8 Å². The summed E-state index contributed by atoms with van der Waals surface area (Å²) in [6.45, 7) is 7.24. The zero-order valence-electron chi connectivity index (χ0n) is 15.3. The summed E-state index contributed by atoms with van der Waals surface area (Å²) in [6, 6.07) is 16.0. The van der Waals surface area contributed by atoms with E-state index in [-0.39, 0.29) is 0 Å². The quantitative estimate of drug-likeness (QED) is 0.689. The average Bonchev–Trinajstić information content (AvgIpc) is 3.11. The van der Waals surface area contributed by atoms with E-state index in [1.165, 1.54) is 22.4 Å². The molecule has 2 aromatic carbocycles. The number of fused-ring (bicyclic) bond motifs is 3. The predicted octanol–water partition coefficient (Wildman–Crippen LogP) is 6.04. The third kappa shape index (κ3) is 2.95. The molecule has 0 saturated carbocycles. The fraction of sp³-hybridized carbons (Fsp3) is 0.391. The Balaban J connectivity index is 1.68. The number of rotatable bonds is 4. The van der Waals surface area contributed by atoms with E-state index in [4.69, 9.17) is 4.74 Å². The van der Waals surface area contributed by atoms with Crippen molar-refractivity contribution in [2.24, 2.45) is 5.92 Å². The highest BCUT2D eigenvalue weighted by atomic mass is 16.5. The van der Waals surface area contributed by atoms with E-state index < -0.39 is 0 Å². The Morgan fingerprint density at radius 3 is 2.64 bits per heavy atom. The number of benzene rings is 2. The van der Waals surface area contributed by atoms with Crippen molar-refractivity contribution in [3.63, 3.8) is 0 Å².